The first-order valence-electron chi connectivity index (χ1n) is 5.84. The zero-order valence-electron chi connectivity index (χ0n) is 10.7. The summed E-state index contributed by atoms with van der Waals surface area (Å²) in [5.41, 5.74) is 3.63. The molecular formula is C14H15NO2S. The molecule has 0 amide bonds. The van der Waals surface area contributed by atoms with E-state index in [9.17, 15) is 4.79 Å². The monoisotopic (exact) mass is 261 g/mol. The van der Waals surface area contributed by atoms with Gasteiger partial charge in [0.2, 0.25) is 0 Å². The van der Waals surface area contributed by atoms with Gasteiger partial charge in [0.05, 0.1) is 16.7 Å². The number of hydrogen-bond acceptors (Lipinski definition) is 3. The lowest BCUT2D eigenvalue weighted by molar-refractivity contribution is 0.0525. The van der Waals surface area contributed by atoms with Crippen molar-refractivity contribution in [3.63, 3.8) is 0 Å². The molecule has 1 aromatic carbocycles. The number of esters is 1. The SMILES string of the molecule is CCOC(=O)c1c[nH]c2c(C)cc(C)cc2c1=S. The Bertz CT molecular complexity index is 673. The third kappa shape index (κ3) is 2.16. The number of nitrogens with one attached hydrogen (secondary N) is 1. The summed E-state index contributed by atoms with van der Waals surface area (Å²) in [6, 6.07) is 4.07. The van der Waals surface area contributed by atoms with Crippen molar-refractivity contribution in [1.82, 2.24) is 4.98 Å². The fourth-order valence-corrected chi connectivity index (χ4v) is 2.36. The van der Waals surface area contributed by atoms with Gasteiger partial charge in [-0.3, -0.25) is 0 Å². The van der Waals surface area contributed by atoms with Gasteiger partial charge < -0.3 is 9.72 Å². The Morgan fingerprint density at radius 2 is 2.11 bits per heavy atom. The molecule has 1 N–H and O–H groups in total. The lowest BCUT2D eigenvalue weighted by atomic mass is 10.1. The summed E-state index contributed by atoms with van der Waals surface area (Å²) in [6.45, 7) is 6.15. The molecule has 0 aliphatic heterocycles. The van der Waals surface area contributed by atoms with Gasteiger partial charge in [0, 0.05) is 17.1 Å². The van der Waals surface area contributed by atoms with Crippen LogP contribution >= 0.6 is 12.2 Å². The van der Waals surface area contributed by atoms with Gasteiger partial charge in [0.1, 0.15) is 0 Å². The van der Waals surface area contributed by atoms with E-state index in [1.807, 2.05) is 19.9 Å². The molecule has 0 saturated carbocycles. The van der Waals surface area contributed by atoms with Crippen LogP contribution < -0.4 is 0 Å². The van der Waals surface area contributed by atoms with Crippen molar-refractivity contribution in [3.05, 3.63) is 39.5 Å². The summed E-state index contributed by atoms with van der Waals surface area (Å²) >= 11 is 5.38. The van der Waals surface area contributed by atoms with E-state index in [0.717, 1.165) is 22.0 Å². The summed E-state index contributed by atoms with van der Waals surface area (Å²) in [4.78, 5) is 14.9. The number of aromatic amines is 1. The average Bonchev–Trinajstić information content (AvgIpc) is 2.30. The Kier molecular flexibility index (Phi) is 3.48. The van der Waals surface area contributed by atoms with Gasteiger partial charge >= 0.3 is 5.97 Å². The number of pyridine rings is 1. The van der Waals surface area contributed by atoms with E-state index < -0.39 is 0 Å². The Labute approximate surface area is 111 Å². The number of ether oxygens (including phenoxy) is 1. The summed E-state index contributed by atoms with van der Waals surface area (Å²) in [5, 5.41) is 0.896. The van der Waals surface area contributed by atoms with Crippen LogP contribution in [0, 0.1) is 18.4 Å². The molecule has 0 fully saturated rings. The van der Waals surface area contributed by atoms with Crippen molar-refractivity contribution in [1.29, 1.82) is 0 Å². The van der Waals surface area contributed by atoms with Crippen molar-refractivity contribution in [3.8, 4) is 0 Å². The van der Waals surface area contributed by atoms with Crippen LogP contribution in [-0.2, 0) is 4.74 Å². The third-order valence-electron chi connectivity index (χ3n) is 2.83. The molecular weight excluding hydrogens is 246 g/mol. The standard InChI is InChI=1S/C14H15NO2S/c1-4-17-14(16)11-7-15-12-9(3)5-8(2)6-10(12)13(11)18/h5-7H,4H2,1-3H3,(H,15,18). The van der Waals surface area contributed by atoms with Crippen molar-refractivity contribution < 1.29 is 9.53 Å². The minimum absolute atomic E-state index is 0.346. The predicted molar refractivity (Wildman–Crippen MR) is 74.6 cm³/mol. The highest BCUT2D eigenvalue weighted by Gasteiger charge is 2.12. The van der Waals surface area contributed by atoms with Crippen LogP contribution in [0.15, 0.2) is 18.3 Å². The zero-order chi connectivity index (χ0) is 13.3. The maximum absolute atomic E-state index is 11.8. The van der Waals surface area contributed by atoms with E-state index in [0.29, 0.717) is 16.7 Å². The first-order chi connectivity index (χ1) is 8.54. The maximum Gasteiger partial charge on any atom is 0.341 e. The first kappa shape index (κ1) is 12.8. The minimum Gasteiger partial charge on any atom is -0.462 e. The second-order valence-corrected chi connectivity index (χ2v) is 4.66. The quantitative estimate of drug-likeness (QED) is 0.662. The van der Waals surface area contributed by atoms with Crippen molar-refractivity contribution in [2.24, 2.45) is 0 Å². The number of carbonyl (C=O) groups excluding carboxylic acids is 1. The molecule has 0 bridgehead atoms. The Morgan fingerprint density at radius 3 is 2.78 bits per heavy atom. The fraction of sp³-hybridized carbons (Fsp3) is 0.286. The van der Waals surface area contributed by atoms with Gasteiger partial charge in [-0.25, -0.2) is 4.79 Å². The van der Waals surface area contributed by atoms with Crippen LogP contribution in [0.5, 0.6) is 0 Å². The van der Waals surface area contributed by atoms with Crippen molar-refractivity contribution >= 4 is 29.1 Å². The largest absolute Gasteiger partial charge is 0.462 e. The number of H-pyrrole nitrogens is 1. The molecule has 0 unspecified atom stereocenters. The summed E-state index contributed by atoms with van der Waals surface area (Å²) in [7, 11) is 0. The molecule has 0 atom stereocenters. The predicted octanol–water partition coefficient (Wildman–Crippen LogP) is 3.69. The molecule has 1 heterocycles. The van der Waals surface area contributed by atoms with Gasteiger partial charge in [0.15, 0.2) is 0 Å². The van der Waals surface area contributed by atoms with Crippen molar-refractivity contribution in [2.45, 2.75) is 20.8 Å². The number of hydrogen-bond donors (Lipinski definition) is 1. The summed E-state index contributed by atoms with van der Waals surface area (Å²) < 4.78 is 5.54. The van der Waals surface area contributed by atoms with Gasteiger partial charge in [0.25, 0.3) is 0 Å². The Hall–Kier alpha value is -1.68. The first-order valence-corrected chi connectivity index (χ1v) is 6.25. The molecule has 94 valence electrons. The molecule has 0 radical (unpaired) electrons. The lowest BCUT2D eigenvalue weighted by Crippen LogP contribution is -2.06. The molecule has 2 rings (SSSR count). The second kappa shape index (κ2) is 4.90. The number of carbonyl (C=O) groups is 1. The summed E-state index contributed by atoms with van der Waals surface area (Å²) in [6.07, 6.45) is 1.63. The van der Waals surface area contributed by atoms with Gasteiger partial charge in [-0.2, -0.15) is 0 Å². The van der Waals surface area contributed by atoms with Crippen molar-refractivity contribution in [2.75, 3.05) is 6.61 Å². The van der Waals surface area contributed by atoms with E-state index in [1.54, 1.807) is 13.1 Å². The summed E-state index contributed by atoms with van der Waals surface area (Å²) in [5.74, 6) is -0.375. The second-order valence-electron chi connectivity index (χ2n) is 4.26. The van der Waals surface area contributed by atoms with Crippen LogP contribution in [0.25, 0.3) is 10.9 Å². The van der Waals surface area contributed by atoms with Crippen LogP contribution in [0.2, 0.25) is 0 Å². The van der Waals surface area contributed by atoms with Crippen LogP contribution in [0.4, 0.5) is 0 Å². The Morgan fingerprint density at radius 1 is 1.39 bits per heavy atom. The molecule has 18 heavy (non-hydrogen) atoms. The molecule has 1 aromatic heterocycles. The van der Waals surface area contributed by atoms with E-state index in [-0.39, 0.29) is 5.97 Å². The molecule has 4 heteroatoms. The number of rotatable bonds is 2. The highest BCUT2D eigenvalue weighted by molar-refractivity contribution is 7.71. The molecule has 2 aromatic rings. The molecule has 0 aliphatic carbocycles. The topological polar surface area (TPSA) is 42.1 Å². The number of benzene rings is 1. The van der Waals surface area contributed by atoms with Gasteiger partial charge in [-0.15, -0.1) is 0 Å². The average molecular weight is 261 g/mol. The normalized spacial score (nSPS) is 10.6. The highest BCUT2D eigenvalue weighted by atomic mass is 32.1. The number of fused-ring (bicyclic) bond motifs is 1. The molecule has 0 saturated heterocycles. The van der Waals surface area contributed by atoms with Crippen LogP contribution in [0.3, 0.4) is 0 Å². The van der Waals surface area contributed by atoms with Gasteiger partial charge in [-0.1, -0.05) is 23.8 Å². The van der Waals surface area contributed by atoms with E-state index in [4.69, 9.17) is 17.0 Å². The van der Waals surface area contributed by atoms with Gasteiger partial charge in [-0.05, 0) is 32.4 Å². The third-order valence-corrected chi connectivity index (χ3v) is 3.27. The van der Waals surface area contributed by atoms with Crippen LogP contribution in [-0.4, -0.2) is 17.6 Å². The van der Waals surface area contributed by atoms with E-state index in [1.165, 1.54) is 0 Å². The van der Waals surface area contributed by atoms with E-state index in [2.05, 4.69) is 11.1 Å². The minimum atomic E-state index is -0.375. The number of aromatic nitrogens is 1. The number of aryl methyl sites for hydroxylation is 2. The lowest BCUT2D eigenvalue weighted by Gasteiger charge is -2.08. The molecule has 0 aliphatic rings. The maximum atomic E-state index is 11.8. The highest BCUT2D eigenvalue weighted by Crippen LogP contribution is 2.22. The molecule has 0 spiro atoms. The van der Waals surface area contributed by atoms with Crippen LogP contribution in [0.1, 0.15) is 28.4 Å². The smallest absolute Gasteiger partial charge is 0.341 e. The van der Waals surface area contributed by atoms with E-state index >= 15 is 0 Å². The molecule has 3 nitrogen and oxygen atoms in total. The fourth-order valence-electron chi connectivity index (χ4n) is 2.05. The Balaban J connectivity index is 2.71. The zero-order valence-corrected chi connectivity index (χ0v) is 11.5.